The Hall–Kier alpha value is -0.550. The van der Waals surface area contributed by atoms with Gasteiger partial charge in [-0.05, 0) is 56.3 Å². The lowest BCUT2D eigenvalue weighted by atomic mass is 9.58. The monoisotopic (exact) mass is 235 g/mol. The molecule has 17 heavy (non-hydrogen) atoms. The van der Waals surface area contributed by atoms with E-state index in [1.807, 2.05) is 0 Å². The van der Waals surface area contributed by atoms with Gasteiger partial charge in [-0.3, -0.25) is 0 Å². The molecule has 96 valence electrons. The van der Waals surface area contributed by atoms with E-state index in [1.54, 1.807) is 0 Å². The van der Waals surface area contributed by atoms with Crippen LogP contribution in [0, 0.1) is 34.5 Å². The van der Waals surface area contributed by atoms with Crippen LogP contribution >= 0.6 is 0 Å². The molecular formula is C15H25NO. The van der Waals surface area contributed by atoms with Gasteiger partial charge in [0.2, 0.25) is 0 Å². The molecule has 2 heteroatoms. The number of hydrogen-bond acceptors (Lipinski definition) is 2. The average Bonchev–Trinajstić information content (AvgIpc) is 2.68. The van der Waals surface area contributed by atoms with Crippen molar-refractivity contribution >= 4 is 0 Å². The van der Waals surface area contributed by atoms with Crippen molar-refractivity contribution < 1.29 is 5.11 Å². The molecule has 5 unspecified atom stereocenters. The predicted molar refractivity (Wildman–Crippen MR) is 68.2 cm³/mol. The topological polar surface area (TPSA) is 44.0 Å². The third-order valence-corrected chi connectivity index (χ3v) is 5.39. The number of hydrogen-bond donors (Lipinski definition) is 1. The molecule has 0 aliphatic heterocycles. The lowest BCUT2D eigenvalue weighted by molar-refractivity contribution is -0.126. The fourth-order valence-electron chi connectivity index (χ4n) is 4.22. The van der Waals surface area contributed by atoms with E-state index in [9.17, 15) is 10.4 Å². The zero-order valence-corrected chi connectivity index (χ0v) is 11.4. The minimum absolute atomic E-state index is 0.260. The number of nitriles is 1. The first kappa shape index (κ1) is 12.9. The average molecular weight is 235 g/mol. The van der Waals surface area contributed by atoms with Crippen LogP contribution in [0.1, 0.15) is 59.3 Å². The summed E-state index contributed by atoms with van der Waals surface area (Å²) in [6, 6.07) is 2.51. The van der Waals surface area contributed by atoms with Gasteiger partial charge in [-0.1, -0.05) is 20.8 Å². The lowest BCUT2D eigenvalue weighted by Gasteiger charge is -2.49. The second-order valence-corrected chi connectivity index (χ2v) is 6.75. The molecule has 0 aromatic rings. The molecule has 0 radical (unpaired) electrons. The summed E-state index contributed by atoms with van der Waals surface area (Å²) in [7, 11) is 0. The Balaban J connectivity index is 2.27. The molecule has 0 heterocycles. The van der Waals surface area contributed by atoms with Crippen molar-refractivity contribution in [2.75, 3.05) is 0 Å². The van der Waals surface area contributed by atoms with Crippen LogP contribution in [0.2, 0.25) is 0 Å². The van der Waals surface area contributed by atoms with Crippen molar-refractivity contribution in [2.45, 2.75) is 64.9 Å². The fraction of sp³-hybridized carbons (Fsp3) is 0.933. The summed E-state index contributed by atoms with van der Waals surface area (Å²) in [6.07, 6.45) is 5.82. The van der Waals surface area contributed by atoms with Gasteiger partial charge in [0.15, 0.2) is 0 Å². The molecule has 5 atom stereocenters. The predicted octanol–water partition coefficient (Wildman–Crippen LogP) is 3.50. The lowest BCUT2D eigenvalue weighted by Crippen LogP contribution is -2.53. The van der Waals surface area contributed by atoms with Crippen molar-refractivity contribution in [3.63, 3.8) is 0 Å². The maximum Gasteiger partial charge on any atom is 0.0865 e. The third kappa shape index (κ3) is 1.89. The van der Waals surface area contributed by atoms with Crippen LogP contribution in [0.15, 0.2) is 0 Å². The Morgan fingerprint density at radius 2 is 1.76 bits per heavy atom. The van der Waals surface area contributed by atoms with E-state index in [1.165, 1.54) is 0 Å². The Morgan fingerprint density at radius 3 is 2.24 bits per heavy atom. The number of nitrogens with zero attached hydrogens (tertiary/aromatic N) is 1. The molecule has 2 aliphatic carbocycles. The molecule has 2 nitrogen and oxygen atoms in total. The molecule has 2 rings (SSSR count). The standard InChI is InChI=1S/C15H25NO/c1-11-5-7-15(17,13(3)8-11)14(10-16)6-4-12(2)9-14/h11-13,17H,4-9H2,1-3H3. The second-order valence-electron chi connectivity index (χ2n) is 6.75. The van der Waals surface area contributed by atoms with Gasteiger partial charge in [0.1, 0.15) is 0 Å². The quantitative estimate of drug-likeness (QED) is 0.756. The molecule has 0 saturated heterocycles. The van der Waals surface area contributed by atoms with E-state index in [4.69, 9.17) is 0 Å². The van der Waals surface area contributed by atoms with Crippen LogP contribution in [0.3, 0.4) is 0 Å². The Bertz CT molecular complexity index is 334. The van der Waals surface area contributed by atoms with Crippen molar-refractivity contribution in [3.8, 4) is 6.07 Å². The molecule has 0 aromatic carbocycles. The molecule has 2 saturated carbocycles. The molecule has 0 bridgehead atoms. The summed E-state index contributed by atoms with van der Waals surface area (Å²) >= 11 is 0. The first-order chi connectivity index (χ1) is 7.93. The van der Waals surface area contributed by atoms with Crippen molar-refractivity contribution in [3.05, 3.63) is 0 Å². The SMILES string of the molecule is CC1CCC(O)(C2(C#N)CCC(C)C2)C(C)C1. The van der Waals surface area contributed by atoms with Crippen LogP contribution in [0.4, 0.5) is 0 Å². The molecule has 0 amide bonds. The fourth-order valence-corrected chi connectivity index (χ4v) is 4.22. The van der Waals surface area contributed by atoms with Gasteiger partial charge in [-0.2, -0.15) is 5.26 Å². The molecule has 0 spiro atoms. The zero-order valence-electron chi connectivity index (χ0n) is 11.4. The van der Waals surface area contributed by atoms with Crippen molar-refractivity contribution in [1.82, 2.24) is 0 Å². The smallest absolute Gasteiger partial charge is 0.0865 e. The molecule has 1 N–H and O–H groups in total. The highest BCUT2D eigenvalue weighted by molar-refractivity contribution is 5.16. The van der Waals surface area contributed by atoms with Crippen LogP contribution < -0.4 is 0 Å². The van der Waals surface area contributed by atoms with Crippen LogP contribution in [0.5, 0.6) is 0 Å². The zero-order chi connectivity index (χ0) is 12.7. The number of aliphatic hydroxyl groups is 1. The van der Waals surface area contributed by atoms with Crippen molar-refractivity contribution in [1.29, 1.82) is 5.26 Å². The van der Waals surface area contributed by atoms with E-state index in [2.05, 4.69) is 26.8 Å². The second kappa shape index (κ2) is 4.28. The molecule has 0 aromatic heterocycles. The summed E-state index contributed by atoms with van der Waals surface area (Å²) in [5, 5.41) is 20.7. The maximum atomic E-state index is 11.1. The van der Waals surface area contributed by atoms with Crippen molar-refractivity contribution in [2.24, 2.45) is 23.2 Å². The third-order valence-electron chi connectivity index (χ3n) is 5.39. The molecule has 2 aliphatic rings. The summed E-state index contributed by atoms with van der Waals surface area (Å²) in [5.74, 6) is 1.54. The Kier molecular flexibility index (Phi) is 3.25. The Morgan fingerprint density at radius 1 is 1.12 bits per heavy atom. The van der Waals surface area contributed by atoms with Gasteiger partial charge in [-0.25, -0.2) is 0 Å². The minimum Gasteiger partial charge on any atom is -0.388 e. The van der Waals surface area contributed by atoms with Gasteiger partial charge in [0.25, 0.3) is 0 Å². The van der Waals surface area contributed by atoms with E-state index in [0.29, 0.717) is 11.8 Å². The van der Waals surface area contributed by atoms with Gasteiger partial charge < -0.3 is 5.11 Å². The van der Waals surface area contributed by atoms with E-state index in [0.717, 1.165) is 38.5 Å². The van der Waals surface area contributed by atoms with Gasteiger partial charge in [-0.15, -0.1) is 0 Å². The summed E-state index contributed by atoms with van der Waals surface area (Å²) < 4.78 is 0. The van der Waals surface area contributed by atoms with E-state index >= 15 is 0 Å². The molecular weight excluding hydrogens is 210 g/mol. The van der Waals surface area contributed by atoms with Gasteiger partial charge in [0, 0.05) is 0 Å². The number of rotatable bonds is 1. The first-order valence-electron chi connectivity index (χ1n) is 7.07. The van der Waals surface area contributed by atoms with E-state index < -0.39 is 11.0 Å². The highest BCUT2D eigenvalue weighted by Crippen LogP contribution is 2.56. The van der Waals surface area contributed by atoms with Crippen LogP contribution in [-0.4, -0.2) is 10.7 Å². The highest BCUT2D eigenvalue weighted by atomic mass is 16.3. The van der Waals surface area contributed by atoms with Crippen LogP contribution in [-0.2, 0) is 0 Å². The van der Waals surface area contributed by atoms with Gasteiger partial charge in [0.05, 0.1) is 17.1 Å². The normalized spacial score (nSPS) is 51.1. The van der Waals surface area contributed by atoms with Gasteiger partial charge >= 0.3 is 0 Å². The summed E-state index contributed by atoms with van der Waals surface area (Å²) in [5.41, 5.74) is -1.20. The minimum atomic E-state index is -0.737. The summed E-state index contributed by atoms with van der Waals surface area (Å²) in [4.78, 5) is 0. The first-order valence-corrected chi connectivity index (χ1v) is 7.07. The summed E-state index contributed by atoms with van der Waals surface area (Å²) in [6.45, 7) is 6.60. The Labute approximate surface area is 105 Å². The van der Waals surface area contributed by atoms with Crippen LogP contribution in [0.25, 0.3) is 0 Å². The largest absolute Gasteiger partial charge is 0.388 e. The molecule has 2 fully saturated rings. The van der Waals surface area contributed by atoms with E-state index in [-0.39, 0.29) is 5.92 Å². The maximum absolute atomic E-state index is 11.1. The highest BCUT2D eigenvalue weighted by Gasteiger charge is 2.57.